The lowest BCUT2D eigenvalue weighted by molar-refractivity contribution is 0.0690. The van der Waals surface area contributed by atoms with Gasteiger partial charge in [-0.05, 0) is 102 Å². The van der Waals surface area contributed by atoms with E-state index >= 15 is 0 Å². The number of carboxylic acids is 1. The Kier molecular flexibility index (Phi) is 15.8. The third kappa shape index (κ3) is 12.4. The van der Waals surface area contributed by atoms with Crippen molar-refractivity contribution >= 4 is 60.8 Å². The maximum atomic E-state index is 14.8. The first-order valence-electron chi connectivity index (χ1n) is 20.1. The summed E-state index contributed by atoms with van der Waals surface area (Å²) in [5.74, 6) is 5.73. The van der Waals surface area contributed by atoms with Gasteiger partial charge in [-0.15, -0.1) is 21.5 Å². The van der Waals surface area contributed by atoms with Crippen molar-refractivity contribution < 1.29 is 19.0 Å². The average molecular weight is 828 g/mol. The van der Waals surface area contributed by atoms with Gasteiger partial charge in [-0.25, -0.2) is 19.2 Å². The Hall–Kier alpha value is -4.72. The molecule has 1 aliphatic rings. The molecule has 0 amide bonds. The van der Waals surface area contributed by atoms with Gasteiger partial charge >= 0.3 is 5.97 Å². The number of carboxylic acid groups (broad SMARTS) is 1. The number of aromatic nitrogens is 4. The Morgan fingerprint density at radius 3 is 2.48 bits per heavy atom. The van der Waals surface area contributed by atoms with Gasteiger partial charge in [0.1, 0.15) is 0 Å². The highest BCUT2D eigenvalue weighted by atomic mass is 32.1. The fourth-order valence-electron chi connectivity index (χ4n) is 6.65. The van der Waals surface area contributed by atoms with Crippen LogP contribution in [0.4, 0.5) is 26.3 Å². The number of hydrogen-bond acceptors (Lipinski definition) is 13. The number of thiazole rings is 2. The number of aryl methyl sites for hydroxylation is 2. The normalized spacial score (nSPS) is 13.5. The number of rotatable bonds is 20. The fraction of sp³-hybridized carbons (Fsp3) is 0.465. The summed E-state index contributed by atoms with van der Waals surface area (Å²) in [7, 11) is 6.04. The molecule has 0 spiro atoms. The summed E-state index contributed by atoms with van der Waals surface area (Å²) in [6.07, 6.45) is 7.57. The van der Waals surface area contributed by atoms with Gasteiger partial charge in [-0.1, -0.05) is 61.0 Å². The molecule has 12 nitrogen and oxygen atoms in total. The Labute approximate surface area is 349 Å². The van der Waals surface area contributed by atoms with Crippen LogP contribution in [0.2, 0.25) is 0 Å². The van der Waals surface area contributed by atoms with Crippen LogP contribution in [0, 0.1) is 24.6 Å². The van der Waals surface area contributed by atoms with E-state index in [9.17, 15) is 14.3 Å². The lowest BCUT2D eigenvalue weighted by atomic mass is 10.1. The zero-order chi connectivity index (χ0) is 40.9. The summed E-state index contributed by atoms with van der Waals surface area (Å²) in [6.45, 7) is 9.16. The second-order valence-corrected chi connectivity index (χ2v) is 17.1. The highest BCUT2D eigenvalue weighted by Gasteiger charge is 2.23. The van der Waals surface area contributed by atoms with E-state index < -0.39 is 11.8 Å². The zero-order valence-electron chi connectivity index (χ0n) is 34.0. The highest BCUT2D eigenvalue weighted by Crippen LogP contribution is 2.34. The van der Waals surface area contributed by atoms with Gasteiger partial charge in [-0.2, -0.15) is 0 Å². The number of halogens is 1. The van der Waals surface area contributed by atoms with Crippen LogP contribution in [0.5, 0.6) is 5.75 Å². The molecule has 0 bridgehead atoms. The first kappa shape index (κ1) is 42.9. The molecule has 1 saturated heterocycles. The number of likely N-dealkylation sites (N-methyl/N-ethyl adjacent to an activating group) is 1. The molecule has 15 heteroatoms. The summed E-state index contributed by atoms with van der Waals surface area (Å²) < 4.78 is 21.6. The topological polar surface area (TPSA) is 123 Å². The van der Waals surface area contributed by atoms with Crippen LogP contribution in [-0.2, 0) is 6.42 Å². The molecule has 0 saturated carbocycles. The molecule has 6 rings (SSSR count). The molecule has 1 aliphatic heterocycles. The molecule has 5 aromatic rings. The second kappa shape index (κ2) is 21.3. The summed E-state index contributed by atoms with van der Waals surface area (Å²) in [5, 5.41) is 24.0. The number of para-hydroxylation sites is 1. The van der Waals surface area contributed by atoms with Crippen LogP contribution in [-0.4, -0.2) is 120 Å². The smallest absolute Gasteiger partial charge is 0.355 e. The molecule has 2 N–H and O–H groups in total. The van der Waals surface area contributed by atoms with Crippen molar-refractivity contribution in [2.45, 2.75) is 58.3 Å². The van der Waals surface area contributed by atoms with Gasteiger partial charge in [0, 0.05) is 43.2 Å². The first-order chi connectivity index (χ1) is 28.1. The third-order valence-corrected chi connectivity index (χ3v) is 12.0. The minimum Gasteiger partial charge on any atom is -0.491 e. The summed E-state index contributed by atoms with van der Waals surface area (Å²) >= 11 is 2.89. The molecular formula is C43H54FN9O3S2. The number of benzene rings is 2. The number of fused-ring (bicyclic) bond motifs is 1. The van der Waals surface area contributed by atoms with Crippen molar-refractivity contribution in [3.8, 4) is 17.6 Å². The number of unbranched alkanes of at least 4 members (excludes halogenated alkanes) is 5. The number of hydrogen-bond donors (Lipinski definition) is 2. The molecule has 0 atom stereocenters. The van der Waals surface area contributed by atoms with Crippen LogP contribution in [0.3, 0.4) is 0 Å². The van der Waals surface area contributed by atoms with Gasteiger partial charge in [-0.3, -0.25) is 4.90 Å². The number of aromatic carboxylic acids is 1. The number of piperazine rings is 1. The van der Waals surface area contributed by atoms with Crippen molar-refractivity contribution in [3.63, 3.8) is 0 Å². The number of nitrogens with zero attached hydrogens (tertiary/aromatic N) is 8. The second-order valence-electron chi connectivity index (χ2n) is 15.0. The lowest BCUT2D eigenvalue weighted by Crippen LogP contribution is -2.44. The summed E-state index contributed by atoms with van der Waals surface area (Å²) in [5.41, 5.74) is 2.38. The SMILES string of the molecule is Cc1cc(N(CCCCCCCCN2CCN(C)CC2)c2nc(C(=O)O)c(CCCOc3ccc(C#CCN(C)C)cc3F)s2)nnc1Nc1nc2ccccc2s1. The Morgan fingerprint density at radius 1 is 0.966 bits per heavy atom. The minimum absolute atomic E-state index is 0.0102. The fourth-order valence-corrected chi connectivity index (χ4v) is 8.64. The van der Waals surface area contributed by atoms with Crippen LogP contribution < -0.4 is 15.0 Å². The Balaban J connectivity index is 1.10. The van der Waals surface area contributed by atoms with Crippen molar-refractivity contribution in [1.29, 1.82) is 0 Å². The average Bonchev–Trinajstić information content (AvgIpc) is 3.82. The highest BCUT2D eigenvalue weighted by molar-refractivity contribution is 7.22. The Morgan fingerprint density at radius 2 is 1.74 bits per heavy atom. The predicted octanol–water partition coefficient (Wildman–Crippen LogP) is 8.08. The molecule has 4 heterocycles. The largest absolute Gasteiger partial charge is 0.491 e. The molecule has 0 aliphatic carbocycles. The van der Waals surface area contributed by atoms with Crippen molar-refractivity contribution in [2.75, 3.05) is 83.8 Å². The van der Waals surface area contributed by atoms with E-state index in [1.54, 1.807) is 23.5 Å². The molecule has 0 radical (unpaired) electrons. The van der Waals surface area contributed by atoms with Crippen LogP contribution in [0.1, 0.15) is 71.4 Å². The predicted molar refractivity (Wildman–Crippen MR) is 233 cm³/mol. The standard InChI is InChI=1S/C43H54FN9O3S2/c1-31-29-38(48-49-40(31)47-42-45-34-16-9-10-17-36(34)57-42)53(23-12-8-6-5-7-11-22-52-26-24-51(4)25-27-52)43-46-39(41(54)55)37(58-43)18-14-28-56-35-20-19-32(30-33(35)44)15-13-21-50(2)3/h9-10,16-17,19-20,29-30H,5-8,11-12,14,18,21-28H2,1-4H3,(H,54,55)(H,45,47,49). The van der Waals surface area contributed by atoms with E-state index in [0.29, 0.717) is 53.1 Å². The maximum absolute atomic E-state index is 14.8. The maximum Gasteiger partial charge on any atom is 0.355 e. The van der Waals surface area contributed by atoms with Crippen molar-refractivity contribution in [1.82, 2.24) is 34.9 Å². The van der Waals surface area contributed by atoms with Gasteiger partial charge < -0.3 is 29.9 Å². The molecule has 3 aromatic heterocycles. The summed E-state index contributed by atoms with van der Waals surface area (Å²) in [6, 6.07) is 14.6. The molecule has 2 aromatic carbocycles. The molecule has 0 unspecified atom stereocenters. The van der Waals surface area contributed by atoms with E-state index in [2.05, 4.69) is 54.2 Å². The van der Waals surface area contributed by atoms with Crippen molar-refractivity contribution in [3.05, 3.63) is 76.0 Å². The quantitative estimate of drug-likeness (QED) is 0.0583. The van der Waals surface area contributed by atoms with Crippen LogP contribution in [0.15, 0.2) is 48.5 Å². The number of nitrogens with one attached hydrogen (secondary N) is 1. The molecule has 308 valence electrons. The van der Waals surface area contributed by atoms with Gasteiger partial charge in [0.05, 0.1) is 23.4 Å². The number of carbonyl (C=O) groups is 1. The number of anilines is 4. The van der Waals surface area contributed by atoms with E-state index in [0.717, 1.165) is 66.4 Å². The molecule has 1 fully saturated rings. The van der Waals surface area contributed by atoms with Crippen molar-refractivity contribution in [2.24, 2.45) is 0 Å². The Bertz CT molecular complexity index is 2140. The van der Waals surface area contributed by atoms with Gasteiger partial charge in [0.2, 0.25) is 0 Å². The van der Waals surface area contributed by atoms with Gasteiger partial charge in [0.15, 0.2) is 39.2 Å². The van der Waals surface area contributed by atoms with E-state index in [1.807, 2.05) is 61.2 Å². The van der Waals surface area contributed by atoms with E-state index in [4.69, 9.17) is 4.74 Å². The zero-order valence-corrected chi connectivity index (χ0v) is 35.6. The van der Waals surface area contributed by atoms with Crippen LogP contribution >= 0.6 is 22.7 Å². The van der Waals surface area contributed by atoms with Gasteiger partial charge in [0.25, 0.3) is 0 Å². The van der Waals surface area contributed by atoms with Crippen LogP contribution in [0.25, 0.3) is 10.2 Å². The van der Waals surface area contributed by atoms with E-state index in [-0.39, 0.29) is 18.1 Å². The molecular weight excluding hydrogens is 774 g/mol. The molecule has 58 heavy (non-hydrogen) atoms. The first-order valence-corrected chi connectivity index (χ1v) is 21.7. The minimum atomic E-state index is -1.09. The third-order valence-electron chi connectivity index (χ3n) is 9.95. The lowest BCUT2D eigenvalue weighted by Gasteiger charge is -2.32. The number of ether oxygens (including phenoxy) is 1. The monoisotopic (exact) mass is 827 g/mol. The van der Waals surface area contributed by atoms with E-state index in [1.165, 1.54) is 43.2 Å². The summed E-state index contributed by atoms with van der Waals surface area (Å²) in [4.78, 5) is 31.3.